The predicted octanol–water partition coefficient (Wildman–Crippen LogP) is 5.42. The second-order valence-electron chi connectivity index (χ2n) is 10.1. The number of unbranched alkanes of at least 4 members (excludes halogenated alkanes) is 11. The number of rotatable bonds is 19. The first-order valence-corrected chi connectivity index (χ1v) is 15.2. The van der Waals surface area contributed by atoms with Crippen LogP contribution in [0.25, 0.3) is 0 Å². The number of aromatic nitrogens is 1. The molecule has 1 aromatic carbocycles. The third kappa shape index (κ3) is 14.2. The minimum absolute atomic E-state index is 0. The number of nitrogens with zero attached hydrogens (tertiary/aromatic N) is 2. The summed E-state index contributed by atoms with van der Waals surface area (Å²) >= 11 is 6.42. The van der Waals surface area contributed by atoms with E-state index in [1.54, 1.807) is 6.07 Å². The van der Waals surface area contributed by atoms with E-state index < -0.39 is 6.09 Å². The Labute approximate surface area is 263 Å². The van der Waals surface area contributed by atoms with Crippen LogP contribution in [0.1, 0.15) is 109 Å². The number of carbonyl (C=O) groups excluding carboxylic acids is 2. The Morgan fingerprint density at radius 3 is 2.08 bits per heavy atom. The normalized spacial score (nSPS) is 10.6. The van der Waals surface area contributed by atoms with E-state index >= 15 is 0 Å². The Bertz CT molecular complexity index is 1000. The minimum atomic E-state index is -0.683. The van der Waals surface area contributed by atoms with Crippen LogP contribution in [-0.2, 0) is 29.2 Å². The number of ether oxygens (including phenoxy) is 2. The van der Waals surface area contributed by atoms with Crippen LogP contribution in [0.4, 0.5) is 4.79 Å². The number of imide groups is 1. The largest absolute Gasteiger partial charge is 1.00 e. The lowest BCUT2D eigenvalue weighted by Gasteiger charge is -2.18. The Balaban J connectivity index is 0.00000800. The standard InChI is InChI=1S/C32H48ClN2O4.HI/c1-4-6-7-8-9-10-11-12-13-14-15-18-23-38-31-21-20-28(24-30(31)33)26-39-32(37)35(27(3)36)25-29-19-16-17-22-34(29)5-2;/h16-17,19-22,24H,4-15,18,23,25-26H2,1-3H3;1H/q+1;/p-1. The van der Waals surface area contributed by atoms with Gasteiger partial charge in [-0.1, -0.05) is 101 Å². The van der Waals surface area contributed by atoms with Crippen LogP contribution in [-0.4, -0.2) is 23.5 Å². The number of benzene rings is 1. The van der Waals surface area contributed by atoms with Crippen molar-refractivity contribution in [1.82, 2.24) is 4.90 Å². The van der Waals surface area contributed by atoms with Crippen LogP contribution in [0.15, 0.2) is 42.6 Å². The quantitative estimate of drug-likeness (QED) is 0.113. The van der Waals surface area contributed by atoms with Gasteiger partial charge >= 0.3 is 6.09 Å². The number of pyridine rings is 1. The summed E-state index contributed by atoms with van der Waals surface area (Å²) in [6, 6.07) is 11.1. The van der Waals surface area contributed by atoms with Gasteiger partial charge in [0.1, 0.15) is 25.4 Å². The van der Waals surface area contributed by atoms with Crippen LogP contribution in [0, 0.1) is 0 Å². The van der Waals surface area contributed by atoms with Crippen molar-refractivity contribution in [3.63, 3.8) is 0 Å². The summed E-state index contributed by atoms with van der Waals surface area (Å²) in [5.41, 5.74) is 1.59. The van der Waals surface area contributed by atoms with E-state index in [2.05, 4.69) is 6.92 Å². The molecule has 0 radical (unpaired) electrons. The Hall–Kier alpha value is -1.87. The summed E-state index contributed by atoms with van der Waals surface area (Å²) in [6.07, 6.45) is 16.9. The number of amides is 2. The van der Waals surface area contributed by atoms with Crippen LogP contribution in [0.2, 0.25) is 5.02 Å². The first-order chi connectivity index (χ1) is 19.0. The van der Waals surface area contributed by atoms with E-state index in [-0.39, 0.29) is 43.0 Å². The van der Waals surface area contributed by atoms with Crippen LogP contribution < -0.4 is 33.3 Å². The number of carbonyl (C=O) groups is 2. The van der Waals surface area contributed by atoms with Gasteiger partial charge in [0.15, 0.2) is 6.20 Å². The molecule has 40 heavy (non-hydrogen) atoms. The van der Waals surface area contributed by atoms with Gasteiger partial charge in [-0.2, -0.15) is 0 Å². The smallest absolute Gasteiger partial charge is 0.417 e. The maximum atomic E-state index is 12.7. The third-order valence-electron chi connectivity index (χ3n) is 6.91. The molecule has 0 fully saturated rings. The minimum Gasteiger partial charge on any atom is -1.00 e. The molecule has 0 spiro atoms. The lowest BCUT2D eigenvalue weighted by Crippen LogP contribution is -3.00. The van der Waals surface area contributed by atoms with Crippen molar-refractivity contribution in [3.8, 4) is 5.75 Å². The van der Waals surface area contributed by atoms with Gasteiger partial charge < -0.3 is 33.5 Å². The number of hydrogen-bond acceptors (Lipinski definition) is 4. The third-order valence-corrected chi connectivity index (χ3v) is 7.21. The highest BCUT2D eigenvalue weighted by Gasteiger charge is 2.24. The van der Waals surface area contributed by atoms with Gasteiger partial charge in [0.05, 0.1) is 11.6 Å². The Morgan fingerprint density at radius 1 is 0.875 bits per heavy atom. The number of hydrogen-bond donors (Lipinski definition) is 0. The summed E-state index contributed by atoms with van der Waals surface area (Å²) < 4.78 is 13.3. The predicted molar refractivity (Wildman–Crippen MR) is 157 cm³/mol. The number of aryl methyl sites for hydroxylation is 1. The summed E-state index contributed by atoms with van der Waals surface area (Å²) in [6.45, 7) is 7.17. The molecule has 0 aliphatic carbocycles. The Morgan fingerprint density at radius 2 is 1.50 bits per heavy atom. The molecule has 2 amide bonds. The molecule has 0 saturated carbocycles. The first kappa shape index (κ1) is 36.2. The van der Waals surface area contributed by atoms with E-state index in [4.69, 9.17) is 21.1 Å². The van der Waals surface area contributed by atoms with Crippen molar-refractivity contribution in [2.75, 3.05) is 6.61 Å². The average molecular weight is 687 g/mol. The molecule has 0 N–H and O–H groups in total. The summed E-state index contributed by atoms with van der Waals surface area (Å²) in [4.78, 5) is 25.9. The van der Waals surface area contributed by atoms with E-state index in [9.17, 15) is 9.59 Å². The van der Waals surface area contributed by atoms with Gasteiger partial charge in [-0.15, -0.1) is 0 Å². The molecule has 2 aromatic rings. The second-order valence-corrected chi connectivity index (χ2v) is 10.5. The van der Waals surface area contributed by atoms with Gasteiger partial charge in [-0.25, -0.2) is 14.3 Å². The molecule has 0 bridgehead atoms. The molecule has 0 aliphatic heterocycles. The fourth-order valence-electron chi connectivity index (χ4n) is 4.53. The molecule has 0 saturated heterocycles. The van der Waals surface area contributed by atoms with Crippen molar-refractivity contribution in [3.05, 3.63) is 58.9 Å². The summed E-state index contributed by atoms with van der Waals surface area (Å²) in [5, 5.41) is 0.485. The fraction of sp³-hybridized carbons (Fsp3) is 0.594. The van der Waals surface area contributed by atoms with Crippen LogP contribution >= 0.6 is 11.6 Å². The fourth-order valence-corrected chi connectivity index (χ4v) is 4.79. The SMILES string of the molecule is CCCCCCCCCCCCCCOc1ccc(COC(=O)N(Cc2cccc[n+]2CC)C(C)=O)cc1Cl.[I-]. The molecule has 224 valence electrons. The molecule has 0 aliphatic rings. The highest BCUT2D eigenvalue weighted by Crippen LogP contribution is 2.26. The maximum Gasteiger partial charge on any atom is 0.417 e. The monoisotopic (exact) mass is 686 g/mol. The van der Waals surface area contributed by atoms with Crippen molar-refractivity contribution < 1.29 is 47.6 Å². The molecule has 6 nitrogen and oxygen atoms in total. The molecule has 2 rings (SSSR count). The van der Waals surface area contributed by atoms with Crippen molar-refractivity contribution in [1.29, 1.82) is 0 Å². The van der Waals surface area contributed by atoms with Gasteiger partial charge in [-0.3, -0.25) is 4.79 Å². The second kappa shape index (κ2) is 21.8. The van der Waals surface area contributed by atoms with Crippen LogP contribution in [0.3, 0.4) is 0 Å². The molecular weight excluding hydrogens is 639 g/mol. The van der Waals surface area contributed by atoms with E-state index in [1.165, 1.54) is 71.1 Å². The number of halogens is 2. The molecule has 0 atom stereocenters. The summed E-state index contributed by atoms with van der Waals surface area (Å²) in [5.74, 6) is 0.263. The zero-order valence-corrected chi connectivity index (χ0v) is 27.6. The molecular formula is C32H48ClIN2O4. The average Bonchev–Trinajstić information content (AvgIpc) is 2.93. The lowest BCUT2D eigenvalue weighted by atomic mass is 10.1. The molecule has 0 unspecified atom stereocenters. The lowest BCUT2D eigenvalue weighted by molar-refractivity contribution is -0.701. The highest BCUT2D eigenvalue weighted by atomic mass is 127. The van der Waals surface area contributed by atoms with E-state index in [0.717, 1.165) is 35.5 Å². The maximum absolute atomic E-state index is 12.7. The summed E-state index contributed by atoms with van der Waals surface area (Å²) in [7, 11) is 0. The van der Waals surface area contributed by atoms with Gasteiger partial charge in [0.2, 0.25) is 11.6 Å². The zero-order chi connectivity index (χ0) is 28.3. The van der Waals surface area contributed by atoms with Crippen LogP contribution in [0.5, 0.6) is 5.75 Å². The molecule has 1 aromatic heterocycles. The highest BCUT2D eigenvalue weighted by molar-refractivity contribution is 6.32. The topological polar surface area (TPSA) is 59.7 Å². The van der Waals surface area contributed by atoms with Crippen molar-refractivity contribution in [2.45, 2.75) is 118 Å². The van der Waals surface area contributed by atoms with Crippen molar-refractivity contribution >= 4 is 23.6 Å². The van der Waals surface area contributed by atoms with Crippen molar-refractivity contribution in [2.24, 2.45) is 0 Å². The van der Waals surface area contributed by atoms with Gasteiger partial charge in [0, 0.05) is 19.1 Å². The van der Waals surface area contributed by atoms with E-state index in [0.29, 0.717) is 17.4 Å². The molecule has 1 heterocycles. The van der Waals surface area contributed by atoms with Gasteiger partial charge in [-0.05, 0) is 31.0 Å². The van der Waals surface area contributed by atoms with Gasteiger partial charge in [0.25, 0.3) is 0 Å². The Kier molecular flexibility index (Phi) is 19.7. The molecule has 8 heteroatoms. The first-order valence-electron chi connectivity index (χ1n) is 14.8. The van der Waals surface area contributed by atoms with E-state index in [1.807, 2.05) is 48.0 Å². The zero-order valence-electron chi connectivity index (χ0n) is 24.6.